The molecular weight excluding hydrogens is 378 g/mol. The topological polar surface area (TPSA) is 79.4 Å². The van der Waals surface area contributed by atoms with E-state index in [1.807, 2.05) is 6.92 Å². The molecule has 1 aliphatic heterocycles. The molecule has 0 N–H and O–H groups in total. The molecule has 7 nitrogen and oxygen atoms in total. The van der Waals surface area contributed by atoms with Gasteiger partial charge in [-0.2, -0.15) is 0 Å². The molecule has 0 amide bonds. The summed E-state index contributed by atoms with van der Waals surface area (Å²) in [5, 5.41) is 11.2. The molecule has 1 aromatic carbocycles. The van der Waals surface area contributed by atoms with E-state index in [0.29, 0.717) is 17.3 Å². The number of nitro groups is 1. The standard InChI is InChI=1S/C13H11BrClN3O4/c1-13(7-21-8-2-3-9(14)10(15)4-8)6-17-5-11(18(19)20)16-12(17)22-13/h2-5H,6-7H2,1H3. The van der Waals surface area contributed by atoms with E-state index in [9.17, 15) is 10.1 Å². The highest BCUT2D eigenvalue weighted by atomic mass is 79.9. The van der Waals surface area contributed by atoms with Gasteiger partial charge in [-0.15, -0.1) is 0 Å². The van der Waals surface area contributed by atoms with Gasteiger partial charge < -0.3 is 19.6 Å². The molecule has 1 aliphatic rings. The molecule has 2 heterocycles. The molecule has 1 atom stereocenters. The summed E-state index contributed by atoms with van der Waals surface area (Å²) in [4.78, 5) is 13.9. The van der Waals surface area contributed by atoms with E-state index in [0.717, 1.165) is 4.47 Å². The molecule has 116 valence electrons. The minimum absolute atomic E-state index is 0.224. The van der Waals surface area contributed by atoms with Crippen LogP contribution in [0.4, 0.5) is 5.82 Å². The molecule has 3 rings (SSSR count). The van der Waals surface area contributed by atoms with Crippen molar-refractivity contribution >= 4 is 33.3 Å². The predicted molar refractivity (Wildman–Crippen MR) is 82.6 cm³/mol. The molecule has 0 fully saturated rings. The molecule has 0 saturated carbocycles. The molecule has 0 saturated heterocycles. The molecule has 1 aromatic heterocycles. The third-order valence-corrected chi connectivity index (χ3v) is 4.42. The highest BCUT2D eigenvalue weighted by molar-refractivity contribution is 9.10. The first-order valence-electron chi connectivity index (χ1n) is 6.35. The SMILES string of the molecule is CC1(COc2ccc(Br)c(Cl)c2)Cn2cc([N+](=O)[O-])nc2O1. The number of rotatable bonds is 4. The van der Waals surface area contributed by atoms with Gasteiger partial charge in [0.1, 0.15) is 18.6 Å². The fourth-order valence-corrected chi connectivity index (χ4v) is 2.58. The fourth-order valence-electron chi connectivity index (χ4n) is 2.16. The van der Waals surface area contributed by atoms with Crippen molar-refractivity contribution in [3.63, 3.8) is 0 Å². The summed E-state index contributed by atoms with van der Waals surface area (Å²) < 4.78 is 13.8. The van der Waals surface area contributed by atoms with Gasteiger partial charge in [0, 0.05) is 9.46 Å². The van der Waals surface area contributed by atoms with E-state index in [1.165, 1.54) is 6.20 Å². The molecule has 22 heavy (non-hydrogen) atoms. The Hall–Kier alpha value is -1.80. The number of imidazole rings is 1. The molecule has 0 spiro atoms. The summed E-state index contributed by atoms with van der Waals surface area (Å²) in [6, 6.07) is 5.51. The minimum atomic E-state index is -0.642. The first-order valence-corrected chi connectivity index (χ1v) is 7.52. The molecule has 1 unspecified atom stereocenters. The highest BCUT2D eigenvalue weighted by Crippen LogP contribution is 2.32. The summed E-state index contributed by atoms with van der Waals surface area (Å²) in [7, 11) is 0. The summed E-state index contributed by atoms with van der Waals surface area (Å²) in [5.41, 5.74) is -0.642. The zero-order valence-corrected chi connectivity index (χ0v) is 13.8. The average Bonchev–Trinajstić information content (AvgIpc) is 2.95. The van der Waals surface area contributed by atoms with Crippen molar-refractivity contribution in [2.75, 3.05) is 6.61 Å². The summed E-state index contributed by atoms with van der Waals surface area (Å²) in [5.74, 6) is 0.395. The van der Waals surface area contributed by atoms with Crippen molar-refractivity contribution < 1.29 is 14.4 Å². The Balaban J connectivity index is 1.67. The van der Waals surface area contributed by atoms with Gasteiger partial charge in [-0.25, -0.2) is 0 Å². The lowest BCUT2D eigenvalue weighted by atomic mass is 10.1. The Labute approximate surface area is 139 Å². The largest absolute Gasteiger partial charge is 0.489 e. The van der Waals surface area contributed by atoms with Crippen molar-refractivity contribution in [1.82, 2.24) is 9.55 Å². The number of nitrogens with zero attached hydrogens (tertiary/aromatic N) is 3. The molecule has 0 bridgehead atoms. The van der Waals surface area contributed by atoms with Crippen LogP contribution in [0.2, 0.25) is 5.02 Å². The number of hydrogen-bond acceptors (Lipinski definition) is 5. The molecular formula is C13H11BrClN3O4. The van der Waals surface area contributed by atoms with Crippen LogP contribution in [0.3, 0.4) is 0 Å². The molecule has 0 radical (unpaired) electrons. The van der Waals surface area contributed by atoms with Gasteiger partial charge in [0.25, 0.3) is 0 Å². The normalized spacial score (nSPS) is 19.6. The third-order valence-electron chi connectivity index (χ3n) is 3.19. The van der Waals surface area contributed by atoms with E-state index >= 15 is 0 Å². The lowest BCUT2D eigenvalue weighted by Gasteiger charge is -2.22. The summed E-state index contributed by atoms with van der Waals surface area (Å²) in [6.45, 7) is 2.55. The zero-order chi connectivity index (χ0) is 15.9. The maximum absolute atomic E-state index is 10.7. The van der Waals surface area contributed by atoms with Crippen molar-refractivity contribution in [1.29, 1.82) is 0 Å². The number of fused-ring (bicyclic) bond motifs is 1. The smallest absolute Gasteiger partial charge is 0.415 e. The number of aromatic nitrogens is 2. The number of hydrogen-bond donors (Lipinski definition) is 0. The van der Waals surface area contributed by atoms with Crippen molar-refractivity contribution in [3.8, 4) is 11.8 Å². The van der Waals surface area contributed by atoms with Crippen LogP contribution in [0.25, 0.3) is 0 Å². The van der Waals surface area contributed by atoms with Crippen molar-refractivity contribution in [3.05, 3.63) is 44.0 Å². The van der Waals surface area contributed by atoms with Gasteiger partial charge >= 0.3 is 11.8 Å². The van der Waals surface area contributed by atoms with Crippen molar-refractivity contribution in [2.24, 2.45) is 0 Å². The van der Waals surface area contributed by atoms with E-state index in [2.05, 4.69) is 20.9 Å². The summed E-state index contributed by atoms with van der Waals surface area (Å²) in [6.07, 6.45) is 1.36. The quantitative estimate of drug-likeness (QED) is 0.592. The molecule has 0 aliphatic carbocycles. The van der Waals surface area contributed by atoms with E-state index in [-0.39, 0.29) is 18.4 Å². The van der Waals surface area contributed by atoms with Crippen LogP contribution in [0, 0.1) is 10.1 Å². The van der Waals surface area contributed by atoms with Gasteiger partial charge in [-0.05, 0) is 46.0 Å². The maximum atomic E-state index is 10.7. The minimum Gasteiger partial charge on any atom is -0.489 e. The second-order valence-corrected chi connectivity index (χ2v) is 6.44. The van der Waals surface area contributed by atoms with Crippen LogP contribution in [0.15, 0.2) is 28.9 Å². The van der Waals surface area contributed by atoms with Gasteiger partial charge in [-0.3, -0.25) is 4.57 Å². The van der Waals surface area contributed by atoms with Crippen LogP contribution >= 0.6 is 27.5 Å². The van der Waals surface area contributed by atoms with Gasteiger partial charge in [0.05, 0.1) is 11.6 Å². The number of ether oxygens (including phenoxy) is 2. The van der Waals surface area contributed by atoms with Crippen LogP contribution in [0.1, 0.15) is 6.92 Å². The van der Waals surface area contributed by atoms with Crippen LogP contribution in [-0.2, 0) is 6.54 Å². The third kappa shape index (κ3) is 2.89. The van der Waals surface area contributed by atoms with Crippen LogP contribution < -0.4 is 9.47 Å². The average molecular weight is 389 g/mol. The highest BCUT2D eigenvalue weighted by Gasteiger charge is 2.41. The Morgan fingerprint density at radius 2 is 2.41 bits per heavy atom. The van der Waals surface area contributed by atoms with Gasteiger partial charge in [0.15, 0.2) is 5.60 Å². The number of halogens is 2. The number of benzene rings is 1. The van der Waals surface area contributed by atoms with Crippen LogP contribution in [0.5, 0.6) is 11.8 Å². The van der Waals surface area contributed by atoms with Gasteiger partial charge in [-0.1, -0.05) is 11.6 Å². The predicted octanol–water partition coefficient (Wildman–Crippen LogP) is 3.44. The Morgan fingerprint density at radius 1 is 1.64 bits per heavy atom. The van der Waals surface area contributed by atoms with E-state index in [4.69, 9.17) is 21.1 Å². The lowest BCUT2D eigenvalue weighted by Crippen LogP contribution is -2.38. The van der Waals surface area contributed by atoms with Gasteiger partial charge in [0.2, 0.25) is 0 Å². The second kappa shape index (κ2) is 5.44. The molecule has 2 aromatic rings. The monoisotopic (exact) mass is 387 g/mol. The first-order chi connectivity index (χ1) is 10.4. The Morgan fingerprint density at radius 3 is 3.05 bits per heavy atom. The molecule has 9 heteroatoms. The summed E-state index contributed by atoms with van der Waals surface area (Å²) >= 11 is 9.32. The maximum Gasteiger partial charge on any atom is 0.415 e. The fraction of sp³-hybridized carbons (Fsp3) is 0.308. The van der Waals surface area contributed by atoms with E-state index < -0.39 is 10.5 Å². The van der Waals surface area contributed by atoms with Crippen LogP contribution in [-0.4, -0.2) is 26.7 Å². The second-order valence-electron chi connectivity index (χ2n) is 5.18. The zero-order valence-electron chi connectivity index (χ0n) is 11.5. The lowest BCUT2D eigenvalue weighted by molar-refractivity contribution is -0.389. The Kier molecular flexibility index (Phi) is 3.73. The van der Waals surface area contributed by atoms with Crippen molar-refractivity contribution in [2.45, 2.75) is 19.1 Å². The Bertz CT molecular complexity index is 725. The van der Waals surface area contributed by atoms with E-state index in [1.54, 1.807) is 22.8 Å². The first kappa shape index (κ1) is 15.1.